The van der Waals surface area contributed by atoms with Crippen LogP contribution in [0.2, 0.25) is 0 Å². The molecule has 2 atom stereocenters. The van der Waals surface area contributed by atoms with Crippen LogP contribution >= 0.6 is 0 Å². The molecule has 0 bridgehead atoms. The predicted octanol–water partition coefficient (Wildman–Crippen LogP) is 6.14. The fraction of sp³-hybridized carbons (Fsp3) is 0.370. The third-order valence-electron chi connectivity index (χ3n) is 6.65. The van der Waals surface area contributed by atoms with Crippen molar-refractivity contribution in [1.82, 2.24) is 9.97 Å². The van der Waals surface area contributed by atoms with E-state index in [1.165, 1.54) is 18.2 Å². The van der Waals surface area contributed by atoms with E-state index < -0.39 is 33.7 Å². The fourth-order valence-electron chi connectivity index (χ4n) is 4.76. The van der Waals surface area contributed by atoms with Gasteiger partial charge in [-0.3, -0.25) is 9.52 Å². The molecule has 208 valence electrons. The Balaban J connectivity index is 1.63. The first-order chi connectivity index (χ1) is 18.3. The fourth-order valence-corrected chi connectivity index (χ4v) is 5.73. The number of aliphatic carboxylic acids is 1. The van der Waals surface area contributed by atoms with E-state index in [0.717, 1.165) is 25.0 Å². The topological polar surface area (TPSA) is 121 Å². The van der Waals surface area contributed by atoms with E-state index in [-0.39, 0.29) is 39.9 Å². The van der Waals surface area contributed by atoms with Crippen molar-refractivity contribution >= 4 is 27.6 Å². The van der Waals surface area contributed by atoms with Gasteiger partial charge in [0.1, 0.15) is 11.6 Å². The molecular weight excluding hydrogens is 533 g/mol. The highest BCUT2D eigenvalue weighted by Crippen LogP contribution is 2.39. The smallest absolute Gasteiger partial charge is 0.418 e. The maximum atomic E-state index is 13.9. The van der Waals surface area contributed by atoms with Crippen molar-refractivity contribution in [3.63, 3.8) is 0 Å². The summed E-state index contributed by atoms with van der Waals surface area (Å²) in [5, 5.41) is 12.1. The van der Waals surface area contributed by atoms with Gasteiger partial charge in [-0.2, -0.15) is 21.6 Å². The lowest BCUT2D eigenvalue weighted by Crippen LogP contribution is -2.31. The SMILES string of the molecule is CC(C)c1ccccc1-c1nc(NS(=O)(=O)c2cccc(NC3CCC[C@H](C(=O)O)C3)n2)ccc1C(F)(F)F. The molecule has 1 aliphatic rings. The number of carboxylic acid groups (broad SMARTS) is 1. The number of carbonyl (C=O) groups is 1. The second-order valence-corrected chi connectivity index (χ2v) is 11.5. The summed E-state index contributed by atoms with van der Waals surface area (Å²) >= 11 is 0. The molecule has 0 spiro atoms. The normalized spacial score (nSPS) is 18.1. The Morgan fingerprint density at radius 1 is 1.00 bits per heavy atom. The van der Waals surface area contributed by atoms with Crippen LogP contribution in [0.5, 0.6) is 0 Å². The third-order valence-corrected chi connectivity index (χ3v) is 7.91. The van der Waals surface area contributed by atoms with Crippen LogP contribution in [0.15, 0.2) is 59.6 Å². The molecule has 3 N–H and O–H groups in total. The maximum absolute atomic E-state index is 13.9. The van der Waals surface area contributed by atoms with Gasteiger partial charge >= 0.3 is 12.1 Å². The number of anilines is 2. The third kappa shape index (κ3) is 6.67. The van der Waals surface area contributed by atoms with Crippen LogP contribution in [0.4, 0.5) is 24.8 Å². The molecule has 12 heteroatoms. The summed E-state index contributed by atoms with van der Waals surface area (Å²) in [7, 11) is -4.31. The van der Waals surface area contributed by atoms with Gasteiger partial charge in [0.15, 0.2) is 5.03 Å². The van der Waals surface area contributed by atoms with Crippen LogP contribution in [0.25, 0.3) is 11.3 Å². The van der Waals surface area contributed by atoms with Crippen LogP contribution in [-0.4, -0.2) is 35.5 Å². The summed E-state index contributed by atoms with van der Waals surface area (Å²) in [6, 6.07) is 12.5. The molecule has 1 aliphatic carbocycles. The maximum Gasteiger partial charge on any atom is 0.418 e. The zero-order valence-electron chi connectivity index (χ0n) is 21.4. The Morgan fingerprint density at radius 2 is 1.74 bits per heavy atom. The Bertz CT molecular complexity index is 1460. The number of rotatable bonds is 8. The Morgan fingerprint density at radius 3 is 2.44 bits per heavy atom. The average molecular weight is 563 g/mol. The lowest BCUT2D eigenvalue weighted by molar-refractivity contribution is -0.143. The Kier molecular flexibility index (Phi) is 8.15. The second kappa shape index (κ2) is 11.2. The largest absolute Gasteiger partial charge is 0.481 e. The van der Waals surface area contributed by atoms with Gasteiger partial charge in [-0.15, -0.1) is 0 Å². The lowest BCUT2D eigenvalue weighted by Gasteiger charge is -2.27. The number of halogens is 3. The number of hydrogen-bond donors (Lipinski definition) is 3. The van der Waals surface area contributed by atoms with Crippen LogP contribution in [0, 0.1) is 5.92 Å². The molecule has 3 aromatic rings. The summed E-state index contributed by atoms with van der Waals surface area (Å²) in [6.07, 6.45) is -2.29. The van der Waals surface area contributed by atoms with E-state index in [0.29, 0.717) is 18.4 Å². The molecule has 0 aliphatic heterocycles. The van der Waals surface area contributed by atoms with Gasteiger partial charge in [-0.05, 0) is 55.0 Å². The zero-order chi connectivity index (χ0) is 28.4. The van der Waals surface area contributed by atoms with E-state index in [1.54, 1.807) is 24.3 Å². The minimum absolute atomic E-state index is 0.0983. The summed E-state index contributed by atoms with van der Waals surface area (Å²) < 4.78 is 70.2. The molecule has 1 aromatic carbocycles. The Hall–Kier alpha value is -3.67. The molecule has 4 rings (SSSR count). The molecule has 0 saturated heterocycles. The number of nitrogens with zero attached hydrogens (tertiary/aromatic N) is 2. The van der Waals surface area contributed by atoms with Crippen LogP contribution in [-0.2, 0) is 21.0 Å². The molecule has 2 aromatic heterocycles. The second-order valence-electron chi connectivity index (χ2n) is 9.84. The highest BCUT2D eigenvalue weighted by atomic mass is 32.2. The molecular formula is C27H29F3N4O4S. The van der Waals surface area contributed by atoms with Crippen LogP contribution in [0.1, 0.15) is 56.6 Å². The summed E-state index contributed by atoms with van der Waals surface area (Å²) in [4.78, 5) is 19.6. The van der Waals surface area contributed by atoms with Gasteiger partial charge in [-0.25, -0.2) is 9.97 Å². The van der Waals surface area contributed by atoms with E-state index >= 15 is 0 Å². The van der Waals surface area contributed by atoms with Crippen molar-refractivity contribution < 1.29 is 31.5 Å². The van der Waals surface area contributed by atoms with E-state index in [1.807, 2.05) is 13.8 Å². The summed E-state index contributed by atoms with van der Waals surface area (Å²) in [6.45, 7) is 3.70. The van der Waals surface area contributed by atoms with Crippen molar-refractivity contribution in [3.05, 3.63) is 65.7 Å². The van der Waals surface area contributed by atoms with E-state index in [4.69, 9.17) is 0 Å². The summed E-state index contributed by atoms with van der Waals surface area (Å²) in [5.41, 5.74) is -0.447. The first-order valence-electron chi connectivity index (χ1n) is 12.5. The molecule has 1 fully saturated rings. The lowest BCUT2D eigenvalue weighted by atomic mass is 9.86. The first kappa shape index (κ1) is 28.3. The molecule has 2 heterocycles. The number of sulfonamides is 1. The molecule has 1 saturated carbocycles. The number of benzene rings is 1. The predicted molar refractivity (Wildman–Crippen MR) is 141 cm³/mol. The minimum atomic E-state index is -4.70. The van der Waals surface area contributed by atoms with Crippen molar-refractivity contribution in [2.75, 3.05) is 10.0 Å². The number of carboxylic acids is 1. The first-order valence-corrected chi connectivity index (χ1v) is 14.0. The van der Waals surface area contributed by atoms with Crippen LogP contribution < -0.4 is 10.0 Å². The molecule has 0 radical (unpaired) electrons. The highest BCUT2D eigenvalue weighted by molar-refractivity contribution is 7.92. The van der Waals surface area contributed by atoms with Crippen LogP contribution in [0.3, 0.4) is 0 Å². The number of pyridine rings is 2. The van der Waals surface area contributed by atoms with E-state index in [2.05, 4.69) is 20.0 Å². The number of aromatic nitrogens is 2. The van der Waals surface area contributed by atoms with Crippen molar-refractivity contribution in [2.45, 2.75) is 62.7 Å². The van der Waals surface area contributed by atoms with Gasteiger partial charge < -0.3 is 10.4 Å². The number of alkyl halides is 3. The zero-order valence-corrected chi connectivity index (χ0v) is 22.2. The van der Waals surface area contributed by atoms with Crippen molar-refractivity contribution in [1.29, 1.82) is 0 Å². The highest BCUT2D eigenvalue weighted by Gasteiger charge is 2.36. The van der Waals surface area contributed by atoms with Gasteiger partial charge in [0, 0.05) is 11.6 Å². The minimum Gasteiger partial charge on any atom is -0.481 e. The standard InChI is InChI=1S/C27H29F3N4O4S/c1-16(2)19-9-3-4-10-20(19)25-21(27(28,29)30)13-14-23(33-25)34-39(37,38)24-12-6-11-22(32-24)31-18-8-5-7-17(15-18)26(35)36/h3-4,6,9-14,16-18H,5,7-8,15H2,1-2H3,(H,31,32)(H,33,34)(H,35,36)/t17-,18?/m0/s1. The van der Waals surface area contributed by atoms with Gasteiger partial charge in [0.2, 0.25) is 0 Å². The van der Waals surface area contributed by atoms with Crippen molar-refractivity contribution in [3.8, 4) is 11.3 Å². The number of hydrogen-bond acceptors (Lipinski definition) is 6. The van der Waals surface area contributed by atoms with Gasteiger partial charge in [-0.1, -0.05) is 50.6 Å². The number of nitrogens with one attached hydrogen (secondary N) is 2. The van der Waals surface area contributed by atoms with Gasteiger partial charge in [0.25, 0.3) is 10.0 Å². The Labute approximate surface area is 224 Å². The van der Waals surface area contributed by atoms with E-state index in [9.17, 15) is 31.5 Å². The molecule has 39 heavy (non-hydrogen) atoms. The van der Waals surface area contributed by atoms with Gasteiger partial charge in [0.05, 0.1) is 17.2 Å². The molecule has 1 unspecified atom stereocenters. The molecule has 8 nitrogen and oxygen atoms in total. The molecule has 0 amide bonds. The summed E-state index contributed by atoms with van der Waals surface area (Å²) in [5.74, 6) is -1.48. The monoisotopic (exact) mass is 562 g/mol. The quantitative estimate of drug-likeness (QED) is 0.301. The van der Waals surface area contributed by atoms with Crippen molar-refractivity contribution in [2.24, 2.45) is 5.92 Å². The average Bonchev–Trinajstić information content (AvgIpc) is 2.88.